The first-order valence-corrected chi connectivity index (χ1v) is 10.3. The molecule has 1 atom stereocenters. The first-order valence-electron chi connectivity index (χ1n) is 8.41. The Morgan fingerprint density at radius 2 is 1.41 bits per heavy atom. The van der Waals surface area contributed by atoms with Gasteiger partial charge in [0.25, 0.3) is 0 Å². The molecule has 0 aliphatic heterocycles. The van der Waals surface area contributed by atoms with E-state index in [0.29, 0.717) is 5.02 Å². The summed E-state index contributed by atoms with van der Waals surface area (Å²) in [4.78, 5) is 0.176. The van der Waals surface area contributed by atoms with Gasteiger partial charge in [0.15, 0.2) is 0 Å². The third-order valence-corrected chi connectivity index (χ3v) is 5.66. The maximum Gasteiger partial charge on any atom is 0.240 e. The van der Waals surface area contributed by atoms with Crippen molar-refractivity contribution >= 4 is 27.3 Å². The highest BCUT2D eigenvalue weighted by atomic mass is 35.5. The smallest absolute Gasteiger partial charge is 0.240 e. The normalized spacial score (nSPS) is 12.5. The molecule has 7 heteroatoms. The predicted octanol–water partition coefficient (Wildman–Crippen LogP) is 3.98. The first-order chi connectivity index (χ1) is 13.0. The molecule has 0 amide bonds. The van der Waals surface area contributed by atoms with E-state index < -0.39 is 10.0 Å². The molecule has 0 aliphatic carbocycles. The van der Waals surface area contributed by atoms with Gasteiger partial charge < -0.3 is 5.43 Å². The molecule has 0 aromatic heterocycles. The van der Waals surface area contributed by atoms with Gasteiger partial charge in [0, 0.05) is 17.3 Å². The predicted molar refractivity (Wildman–Crippen MR) is 109 cm³/mol. The summed E-state index contributed by atoms with van der Waals surface area (Å²) in [6, 6.07) is 25.1. The van der Waals surface area contributed by atoms with Crippen molar-refractivity contribution in [3.05, 3.63) is 95.5 Å². The molecule has 0 saturated carbocycles. The summed E-state index contributed by atoms with van der Waals surface area (Å²) in [6.45, 7) is 0.175. The van der Waals surface area contributed by atoms with Gasteiger partial charge in [-0.05, 0) is 42.0 Å². The Morgan fingerprint density at radius 3 is 2.04 bits per heavy atom. The summed E-state index contributed by atoms with van der Waals surface area (Å²) >= 11 is 5.84. The van der Waals surface area contributed by atoms with Crippen LogP contribution < -0.4 is 15.6 Å². The second-order valence-corrected chi connectivity index (χ2v) is 8.11. The molecule has 3 N–H and O–H groups in total. The van der Waals surface area contributed by atoms with E-state index in [4.69, 9.17) is 11.6 Å². The summed E-state index contributed by atoms with van der Waals surface area (Å²) < 4.78 is 27.8. The van der Waals surface area contributed by atoms with E-state index in [1.54, 1.807) is 12.1 Å². The Morgan fingerprint density at radius 1 is 0.815 bits per heavy atom. The summed E-state index contributed by atoms with van der Waals surface area (Å²) in [5, 5.41) is 0.491. The molecule has 0 spiro atoms. The fourth-order valence-electron chi connectivity index (χ4n) is 2.52. The highest BCUT2D eigenvalue weighted by molar-refractivity contribution is 7.89. The van der Waals surface area contributed by atoms with Crippen molar-refractivity contribution in [1.82, 2.24) is 10.1 Å². The van der Waals surface area contributed by atoms with Gasteiger partial charge in [-0.3, -0.25) is 0 Å². The number of rotatable bonds is 8. The third kappa shape index (κ3) is 5.55. The van der Waals surface area contributed by atoms with E-state index >= 15 is 0 Å². The minimum Gasteiger partial charge on any atom is -0.321 e. The molecule has 0 unspecified atom stereocenters. The number of anilines is 1. The van der Waals surface area contributed by atoms with Crippen LogP contribution in [-0.4, -0.2) is 15.0 Å². The number of sulfonamides is 1. The monoisotopic (exact) mass is 401 g/mol. The summed E-state index contributed by atoms with van der Waals surface area (Å²) in [6.07, 6.45) is 0. The van der Waals surface area contributed by atoms with Crippen molar-refractivity contribution in [2.24, 2.45) is 0 Å². The van der Waals surface area contributed by atoms with Crippen LogP contribution in [0.4, 0.5) is 5.69 Å². The van der Waals surface area contributed by atoms with Gasteiger partial charge in [-0.25, -0.2) is 18.6 Å². The lowest BCUT2D eigenvalue weighted by atomic mass is 10.1. The summed E-state index contributed by atoms with van der Waals surface area (Å²) in [5.41, 5.74) is 8.16. The minimum absolute atomic E-state index is 0.175. The van der Waals surface area contributed by atoms with Crippen LogP contribution in [0.2, 0.25) is 5.02 Å². The molecule has 5 nitrogen and oxygen atoms in total. The van der Waals surface area contributed by atoms with Crippen LogP contribution in [-0.2, 0) is 10.0 Å². The Hall–Kier alpha value is -2.38. The average Bonchev–Trinajstić information content (AvgIpc) is 2.70. The maximum absolute atomic E-state index is 12.6. The molecule has 0 bridgehead atoms. The highest BCUT2D eigenvalue weighted by Crippen LogP contribution is 2.16. The van der Waals surface area contributed by atoms with Gasteiger partial charge in [0.2, 0.25) is 10.0 Å². The van der Waals surface area contributed by atoms with Gasteiger partial charge in [0.1, 0.15) is 0 Å². The van der Waals surface area contributed by atoms with Crippen LogP contribution in [0.3, 0.4) is 0 Å². The molecule has 27 heavy (non-hydrogen) atoms. The zero-order valence-corrected chi connectivity index (χ0v) is 16.0. The zero-order valence-electron chi connectivity index (χ0n) is 14.5. The topological polar surface area (TPSA) is 70.2 Å². The van der Waals surface area contributed by atoms with Gasteiger partial charge >= 0.3 is 0 Å². The van der Waals surface area contributed by atoms with Crippen molar-refractivity contribution in [2.45, 2.75) is 10.9 Å². The first kappa shape index (κ1) is 19.4. The van der Waals surface area contributed by atoms with Crippen LogP contribution in [0.1, 0.15) is 11.6 Å². The SMILES string of the molecule is O=S(=O)(NC[C@@H](NNc1ccccc1)c1ccccc1)c1ccc(Cl)cc1. The quantitative estimate of drug-likeness (QED) is 0.499. The highest BCUT2D eigenvalue weighted by Gasteiger charge is 2.18. The Kier molecular flexibility index (Phi) is 6.47. The van der Waals surface area contributed by atoms with Gasteiger partial charge in [-0.2, -0.15) is 0 Å². The summed E-state index contributed by atoms with van der Waals surface area (Å²) in [5.74, 6) is 0. The maximum atomic E-state index is 12.6. The van der Waals surface area contributed by atoms with Crippen molar-refractivity contribution in [3.8, 4) is 0 Å². The van der Waals surface area contributed by atoms with Crippen molar-refractivity contribution in [1.29, 1.82) is 0 Å². The number of hydrazine groups is 1. The molecule has 3 aromatic rings. The van der Waals surface area contributed by atoms with E-state index in [-0.39, 0.29) is 17.5 Å². The molecule has 0 aliphatic rings. The third-order valence-electron chi connectivity index (χ3n) is 3.97. The van der Waals surface area contributed by atoms with Crippen LogP contribution in [0, 0.1) is 0 Å². The number of hydrogen-bond donors (Lipinski definition) is 3. The zero-order chi connectivity index (χ0) is 19.1. The standard InChI is InChI=1S/C20H20ClN3O2S/c21-17-11-13-19(14-12-17)27(25,26)22-15-20(16-7-3-1-4-8-16)24-23-18-9-5-2-6-10-18/h1-14,20,22-24H,15H2/t20-/m1/s1. The molecule has 3 aromatic carbocycles. The lowest BCUT2D eigenvalue weighted by Crippen LogP contribution is -2.37. The van der Waals surface area contributed by atoms with Crippen LogP contribution in [0.15, 0.2) is 89.8 Å². The van der Waals surface area contributed by atoms with Gasteiger partial charge in [-0.1, -0.05) is 60.1 Å². The number of halogens is 1. The Bertz CT molecular complexity index is 950. The molecular formula is C20H20ClN3O2S. The number of para-hydroxylation sites is 1. The van der Waals surface area contributed by atoms with E-state index in [1.165, 1.54) is 12.1 Å². The van der Waals surface area contributed by atoms with E-state index in [1.807, 2.05) is 60.7 Å². The van der Waals surface area contributed by atoms with Crippen molar-refractivity contribution in [2.75, 3.05) is 12.0 Å². The Labute approximate surface area is 164 Å². The van der Waals surface area contributed by atoms with E-state index in [0.717, 1.165) is 11.3 Å². The van der Waals surface area contributed by atoms with Crippen molar-refractivity contribution in [3.63, 3.8) is 0 Å². The second-order valence-electron chi connectivity index (χ2n) is 5.90. The van der Waals surface area contributed by atoms with Crippen LogP contribution in [0.5, 0.6) is 0 Å². The second kappa shape index (κ2) is 9.01. The van der Waals surface area contributed by atoms with E-state index in [2.05, 4.69) is 15.6 Å². The largest absolute Gasteiger partial charge is 0.321 e. The minimum atomic E-state index is -3.64. The lowest BCUT2D eigenvalue weighted by Gasteiger charge is -2.21. The molecule has 0 radical (unpaired) electrons. The fourth-order valence-corrected chi connectivity index (χ4v) is 3.69. The van der Waals surface area contributed by atoms with Crippen LogP contribution in [0.25, 0.3) is 0 Å². The number of nitrogens with one attached hydrogen (secondary N) is 3. The Balaban J connectivity index is 1.72. The fraction of sp³-hybridized carbons (Fsp3) is 0.100. The molecule has 0 saturated heterocycles. The number of hydrogen-bond acceptors (Lipinski definition) is 4. The number of benzene rings is 3. The van der Waals surface area contributed by atoms with Gasteiger partial charge in [-0.15, -0.1) is 0 Å². The molecule has 0 heterocycles. The molecule has 3 rings (SSSR count). The molecule has 140 valence electrons. The van der Waals surface area contributed by atoms with E-state index in [9.17, 15) is 8.42 Å². The van der Waals surface area contributed by atoms with Gasteiger partial charge in [0.05, 0.1) is 10.9 Å². The van der Waals surface area contributed by atoms with Crippen molar-refractivity contribution < 1.29 is 8.42 Å². The van der Waals surface area contributed by atoms with Crippen LogP contribution >= 0.6 is 11.6 Å². The molecule has 0 fully saturated rings. The molecular weight excluding hydrogens is 382 g/mol. The average molecular weight is 402 g/mol. The summed E-state index contributed by atoms with van der Waals surface area (Å²) in [7, 11) is -3.64. The lowest BCUT2D eigenvalue weighted by molar-refractivity contribution is 0.545.